The molecule has 1 nitrogen and oxygen atoms in total. The molecule has 0 bridgehead atoms. The monoisotopic (exact) mass is 268 g/mol. The van der Waals surface area contributed by atoms with Crippen molar-refractivity contribution in [3.05, 3.63) is 12.7 Å². The minimum Gasteiger partial charge on any atom is -0.414 e. The molecule has 0 aliphatic heterocycles. The Labute approximate surface area is 115 Å². The highest BCUT2D eigenvalue weighted by Crippen LogP contribution is 2.30. The molecular weight excluding hydrogens is 236 g/mol. The van der Waals surface area contributed by atoms with E-state index in [4.69, 9.17) is 4.43 Å². The molecule has 0 N–H and O–H groups in total. The van der Waals surface area contributed by atoms with Crippen molar-refractivity contribution in [1.29, 1.82) is 0 Å². The quantitative estimate of drug-likeness (QED) is 0.303. The summed E-state index contributed by atoms with van der Waals surface area (Å²) in [6, 6.07) is 1.34. The van der Waals surface area contributed by atoms with Crippen molar-refractivity contribution in [3.8, 4) is 0 Å². The van der Waals surface area contributed by atoms with Crippen molar-refractivity contribution in [2.75, 3.05) is 0 Å². The predicted octanol–water partition coefficient (Wildman–Crippen LogP) is 5.53. The second kappa shape index (κ2) is 8.16. The lowest BCUT2D eigenvalue weighted by molar-refractivity contribution is 0.194. The van der Waals surface area contributed by atoms with E-state index in [1.54, 1.807) is 0 Å². The summed E-state index contributed by atoms with van der Waals surface area (Å²) in [5.41, 5.74) is 0. The van der Waals surface area contributed by atoms with Gasteiger partial charge in [0.15, 0.2) is 8.32 Å². The first-order valence-electron chi connectivity index (χ1n) is 7.82. The van der Waals surface area contributed by atoms with Gasteiger partial charge in [0.2, 0.25) is 0 Å². The molecule has 0 aromatic carbocycles. The number of hydrogen-bond acceptors (Lipinski definition) is 1. The first-order valence-corrected chi connectivity index (χ1v) is 10.9. The van der Waals surface area contributed by atoms with Gasteiger partial charge in [-0.15, -0.1) is 6.58 Å². The highest BCUT2D eigenvalue weighted by atomic mass is 28.4. The van der Waals surface area contributed by atoms with Gasteiger partial charge in [0, 0.05) is 6.10 Å². The Morgan fingerprint density at radius 2 is 1.89 bits per heavy atom. The van der Waals surface area contributed by atoms with Crippen molar-refractivity contribution in [2.45, 2.75) is 83.5 Å². The third-order valence-electron chi connectivity index (χ3n) is 4.07. The van der Waals surface area contributed by atoms with E-state index in [-0.39, 0.29) is 0 Å². The Morgan fingerprint density at radius 1 is 1.17 bits per heavy atom. The van der Waals surface area contributed by atoms with E-state index < -0.39 is 8.32 Å². The Hall–Kier alpha value is -0.0831. The Kier molecular flexibility index (Phi) is 7.24. The standard InChI is InChI=1S/C16H32OSi/c1-5-6-7-8-9-10-13-18(3,4)17-16-12-11-15(2)14-16/h5,15-16H,1,6-14H2,2-4H3. The number of allylic oxidation sites excluding steroid dienone is 1. The highest BCUT2D eigenvalue weighted by molar-refractivity contribution is 6.71. The lowest BCUT2D eigenvalue weighted by Gasteiger charge is -2.27. The third-order valence-corrected chi connectivity index (χ3v) is 6.60. The molecule has 106 valence electrons. The zero-order valence-electron chi connectivity index (χ0n) is 12.7. The van der Waals surface area contributed by atoms with Crippen LogP contribution in [0.1, 0.15) is 58.3 Å². The number of hydrogen-bond donors (Lipinski definition) is 0. The van der Waals surface area contributed by atoms with Crippen molar-refractivity contribution in [3.63, 3.8) is 0 Å². The molecule has 18 heavy (non-hydrogen) atoms. The van der Waals surface area contributed by atoms with Crippen LogP contribution in [0.4, 0.5) is 0 Å². The van der Waals surface area contributed by atoms with Crippen LogP contribution in [0.3, 0.4) is 0 Å². The van der Waals surface area contributed by atoms with E-state index in [9.17, 15) is 0 Å². The topological polar surface area (TPSA) is 9.23 Å². The molecular formula is C16H32OSi. The maximum Gasteiger partial charge on any atom is 0.187 e. The van der Waals surface area contributed by atoms with Gasteiger partial charge in [0.1, 0.15) is 0 Å². The molecule has 1 rings (SSSR count). The summed E-state index contributed by atoms with van der Waals surface area (Å²) < 4.78 is 6.42. The van der Waals surface area contributed by atoms with Gasteiger partial charge in [-0.3, -0.25) is 0 Å². The first kappa shape index (κ1) is 16.0. The molecule has 1 aliphatic rings. The normalized spacial score (nSPS) is 24.4. The van der Waals surface area contributed by atoms with Crippen LogP contribution >= 0.6 is 0 Å². The van der Waals surface area contributed by atoms with Crippen molar-refractivity contribution in [1.82, 2.24) is 0 Å². The van der Waals surface area contributed by atoms with Gasteiger partial charge in [-0.1, -0.05) is 32.3 Å². The minimum absolute atomic E-state index is 0.586. The van der Waals surface area contributed by atoms with Crippen LogP contribution in [-0.2, 0) is 4.43 Å². The van der Waals surface area contributed by atoms with Crippen molar-refractivity contribution >= 4 is 8.32 Å². The zero-order chi connectivity index (χ0) is 13.4. The van der Waals surface area contributed by atoms with E-state index in [0.717, 1.165) is 5.92 Å². The van der Waals surface area contributed by atoms with E-state index in [1.807, 2.05) is 6.08 Å². The Morgan fingerprint density at radius 3 is 2.50 bits per heavy atom. The lowest BCUT2D eigenvalue weighted by Crippen LogP contribution is -2.34. The summed E-state index contributed by atoms with van der Waals surface area (Å²) in [6.45, 7) is 10.9. The van der Waals surface area contributed by atoms with Gasteiger partial charge in [0.25, 0.3) is 0 Å². The van der Waals surface area contributed by atoms with Crippen LogP contribution in [0.15, 0.2) is 12.7 Å². The second-order valence-corrected chi connectivity index (χ2v) is 10.9. The molecule has 0 aromatic heterocycles. The molecule has 2 atom stereocenters. The van der Waals surface area contributed by atoms with Crippen LogP contribution in [-0.4, -0.2) is 14.4 Å². The summed E-state index contributed by atoms with van der Waals surface area (Å²) in [7, 11) is -1.39. The largest absolute Gasteiger partial charge is 0.414 e. The SMILES string of the molecule is C=CCCCCCC[Si](C)(C)OC1CCC(C)C1. The first-order chi connectivity index (χ1) is 8.53. The molecule has 2 unspecified atom stereocenters. The van der Waals surface area contributed by atoms with E-state index in [1.165, 1.54) is 57.4 Å². The van der Waals surface area contributed by atoms with Crippen molar-refractivity contribution < 1.29 is 4.43 Å². The van der Waals surface area contributed by atoms with Crippen LogP contribution < -0.4 is 0 Å². The van der Waals surface area contributed by atoms with Gasteiger partial charge in [-0.05, 0) is 57.2 Å². The van der Waals surface area contributed by atoms with Gasteiger partial charge < -0.3 is 4.43 Å². The molecule has 0 saturated heterocycles. The fraction of sp³-hybridized carbons (Fsp3) is 0.875. The van der Waals surface area contributed by atoms with Crippen molar-refractivity contribution in [2.24, 2.45) is 5.92 Å². The molecule has 1 fully saturated rings. The lowest BCUT2D eigenvalue weighted by atomic mass is 10.1. The average molecular weight is 269 g/mol. The maximum atomic E-state index is 6.42. The zero-order valence-corrected chi connectivity index (χ0v) is 13.7. The Balaban J connectivity index is 2.09. The second-order valence-electron chi connectivity index (χ2n) is 6.66. The molecule has 1 saturated carbocycles. The molecule has 2 heteroatoms. The van der Waals surface area contributed by atoms with Gasteiger partial charge in [-0.25, -0.2) is 0 Å². The van der Waals surface area contributed by atoms with Gasteiger partial charge in [0.05, 0.1) is 0 Å². The molecule has 0 radical (unpaired) electrons. The minimum atomic E-state index is -1.39. The summed E-state index contributed by atoms with van der Waals surface area (Å²) in [5, 5.41) is 0. The molecule has 0 spiro atoms. The maximum absolute atomic E-state index is 6.42. The van der Waals surface area contributed by atoms with Crippen LogP contribution in [0.25, 0.3) is 0 Å². The smallest absolute Gasteiger partial charge is 0.187 e. The number of rotatable bonds is 9. The fourth-order valence-corrected chi connectivity index (χ4v) is 5.30. The predicted molar refractivity (Wildman–Crippen MR) is 83.5 cm³/mol. The van der Waals surface area contributed by atoms with E-state index in [0.29, 0.717) is 6.10 Å². The van der Waals surface area contributed by atoms with Crippen LogP contribution in [0, 0.1) is 5.92 Å². The highest BCUT2D eigenvalue weighted by Gasteiger charge is 2.30. The molecule has 0 heterocycles. The third kappa shape index (κ3) is 6.74. The van der Waals surface area contributed by atoms with E-state index >= 15 is 0 Å². The number of unbranched alkanes of at least 4 members (excludes halogenated alkanes) is 4. The van der Waals surface area contributed by atoms with Gasteiger partial charge >= 0.3 is 0 Å². The average Bonchev–Trinajstić information content (AvgIpc) is 2.68. The van der Waals surface area contributed by atoms with Gasteiger partial charge in [-0.2, -0.15) is 0 Å². The van der Waals surface area contributed by atoms with Crippen LogP contribution in [0.2, 0.25) is 19.1 Å². The summed E-state index contributed by atoms with van der Waals surface area (Å²) in [6.07, 6.45) is 13.2. The summed E-state index contributed by atoms with van der Waals surface area (Å²) >= 11 is 0. The molecule has 0 amide bonds. The summed E-state index contributed by atoms with van der Waals surface area (Å²) in [5.74, 6) is 0.888. The molecule has 1 aliphatic carbocycles. The Bertz CT molecular complexity index is 237. The van der Waals surface area contributed by atoms with Crippen LogP contribution in [0.5, 0.6) is 0 Å². The van der Waals surface area contributed by atoms with E-state index in [2.05, 4.69) is 26.6 Å². The fourth-order valence-electron chi connectivity index (χ4n) is 2.96. The molecule has 0 aromatic rings. The summed E-state index contributed by atoms with van der Waals surface area (Å²) in [4.78, 5) is 0.